The van der Waals surface area contributed by atoms with Gasteiger partial charge in [-0.15, -0.1) is 0 Å². The predicted molar refractivity (Wildman–Crippen MR) is 105 cm³/mol. The molecular weight excluding hydrogens is 304 g/mol. The van der Waals surface area contributed by atoms with Crippen molar-refractivity contribution in [3.63, 3.8) is 0 Å². The Morgan fingerprint density at radius 1 is 0.640 bits per heavy atom. The summed E-state index contributed by atoms with van der Waals surface area (Å²) in [6, 6.07) is 31.0. The average Bonchev–Trinajstić information content (AvgIpc) is 3.15. The van der Waals surface area contributed by atoms with Crippen LogP contribution in [-0.4, -0.2) is 0 Å². The molecule has 0 N–H and O–H groups in total. The van der Waals surface area contributed by atoms with Crippen molar-refractivity contribution >= 4 is 6.08 Å². The summed E-state index contributed by atoms with van der Waals surface area (Å²) in [6.45, 7) is 3.82. The van der Waals surface area contributed by atoms with E-state index in [9.17, 15) is 0 Å². The molecule has 0 saturated carbocycles. The first kappa shape index (κ1) is 15.2. The highest BCUT2D eigenvalue weighted by atomic mass is 16.3. The summed E-state index contributed by atoms with van der Waals surface area (Å²) in [6.07, 6.45) is 1.85. The van der Waals surface area contributed by atoms with Crippen LogP contribution in [-0.2, 0) is 0 Å². The molecule has 0 aliphatic heterocycles. The lowest BCUT2D eigenvalue weighted by molar-refractivity contribution is 0.598. The largest absolute Gasteiger partial charge is 0.455 e. The smallest absolute Gasteiger partial charge is 0.142 e. The van der Waals surface area contributed by atoms with Crippen LogP contribution in [0.5, 0.6) is 0 Å². The molecule has 1 heterocycles. The first-order valence-corrected chi connectivity index (χ1v) is 8.33. The van der Waals surface area contributed by atoms with Crippen LogP contribution >= 0.6 is 0 Å². The van der Waals surface area contributed by atoms with Crippen molar-refractivity contribution in [2.45, 2.75) is 0 Å². The van der Waals surface area contributed by atoms with Crippen LogP contribution in [0.25, 0.3) is 39.9 Å². The highest BCUT2D eigenvalue weighted by molar-refractivity contribution is 5.83. The van der Waals surface area contributed by atoms with Crippen molar-refractivity contribution in [1.82, 2.24) is 0 Å². The maximum absolute atomic E-state index is 6.29. The van der Waals surface area contributed by atoms with Crippen LogP contribution in [0, 0.1) is 0 Å². The van der Waals surface area contributed by atoms with Crippen molar-refractivity contribution in [2.75, 3.05) is 0 Å². The highest BCUT2D eigenvalue weighted by Crippen LogP contribution is 2.38. The molecule has 1 heteroatoms. The van der Waals surface area contributed by atoms with Crippen LogP contribution in [0.15, 0.2) is 102 Å². The van der Waals surface area contributed by atoms with Gasteiger partial charge >= 0.3 is 0 Å². The molecule has 4 rings (SSSR count). The Morgan fingerprint density at radius 2 is 1.24 bits per heavy atom. The zero-order valence-electron chi connectivity index (χ0n) is 13.9. The normalized spacial score (nSPS) is 10.6. The van der Waals surface area contributed by atoms with Crippen LogP contribution < -0.4 is 0 Å². The summed E-state index contributed by atoms with van der Waals surface area (Å²) in [5, 5.41) is 0. The summed E-state index contributed by atoms with van der Waals surface area (Å²) in [7, 11) is 0. The molecule has 0 atom stereocenters. The zero-order chi connectivity index (χ0) is 17.1. The predicted octanol–water partition coefficient (Wildman–Crippen LogP) is 6.92. The molecule has 0 aliphatic carbocycles. The molecule has 0 saturated heterocycles. The molecule has 0 fully saturated rings. The molecule has 0 bridgehead atoms. The van der Waals surface area contributed by atoms with E-state index in [1.807, 2.05) is 30.3 Å². The highest BCUT2D eigenvalue weighted by Gasteiger charge is 2.15. The van der Waals surface area contributed by atoms with Crippen LogP contribution in [0.3, 0.4) is 0 Å². The van der Waals surface area contributed by atoms with Gasteiger partial charge in [0.25, 0.3) is 0 Å². The number of rotatable bonds is 4. The van der Waals surface area contributed by atoms with E-state index in [0.717, 1.165) is 39.3 Å². The second kappa shape index (κ2) is 6.66. The van der Waals surface area contributed by atoms with Gasteiger partial charge in [-0.05, 0) is 17.2 Å². The number of hydrogen-bond acceptors (Lipinski definition) is 1. The molecular formula is C24H18O. The molecule has 25 heavy (non-hydrogen) atoms. The standard InChI is InChI=1S/C24H18O/c1-2-18-13-15-21(16-14-18)24-22(19-9-5-3-6-10-19)17-23(25-24)20-11-7-4-8-12-20/h2-17H,1H2. The lowest BCUT2D eigenvalue weighted by atomic mass is 10.0. The van der Waals surface area contributed by atoms with Crippen molar-refractivity contribution in [1.29, 1.82) is 0 Å². The Labute approximate surface area is 147 Å². The van der Waals surface area contributed by atoms with Gasteiger partial charge in [0.15, 0.2) is 0 Å². The molecule has 1 aromatic heterocycles. The lowest BCUT2D eigenvalue weighted by Crippen LogP contribution is -1.80. The maximum atomic E-state index is 6.29. The number of furan rings is 1. The van der Waals surface area contributed by atoms with E-state index in [4.69, 9.17) is 4.42 Å². The fourth-order valence-electron chi connectivity index (χ4n) is 2.95. The summed E-state index contributed by atoms with van der Waals surface area (Å²) in [5.41, 5.74) is 5.49. The molecule has 4 aromatic rings. The average molecular weight is 322 g/mol. The Hall–Kier alpha value is -3.32. The van der Waals surface area contributed by atoms with Crippen molar-refractivity contribution in [3.8, 4) is 33.8 Å². The summed E-state index contributed by atoms with van der Waals surface area (Å²) in [5.74, 6) is 1.77. The molecule has 3 aromatic carbocycles. The quantitative estimate of drug-likeness (QED) is 0.397. The third-order valence-electron chi connectivity index (χ3n) is 4.28. The molecule has 0 aliphatic rings. The van der Waals surface area contributed by atoms with Gasteiger partial charge in [0.2, 0.25) is 0 Å². The second-order valence-electron chi connectivity index (χ2n) is 5.91. The van der Waals surface area contributed by atoms with E-state index in [2.05, 4.69) is 73.3 Å². The minimum Gasteiger partial charge on any atom is -0.455 e. The van der Waals surface area contributed by atoms with Gasteiger partial charge < -0.3 is 4.42 Å². The molecule has 0 spiro atoms. The van der Waals surface area contributed by atoms with E-state index in [1.165, 1.54) is 0 Å². The van der Waals surface area contributed by atoms with E-state index < -0.39 is 0 Å². The Morgan fingerprint density at radius 3 is 1.84 bits per heavy atom. The first-order chi connectivity index (χ1) is 12.3. The molecule has 0 amide bonds. The third kappa shape index (κ3) is 3.05. The maximum Gasteiger partial charge on any atom is 0.142 e. The zero-order valence-corrected chi connectivity index (χ0v) is 13.9. The SMILES string of the molecule is C=Cc1ccc(-c2oc(-c3ccccc3)cc2-c2ccccc2)cc1. The molecule has 120 valence electrons. The minimum atomic E-state index is 0.877. The van der Waals surface area contributed by atoms with E-state index in [-0.39, 0.29) is 0 Å². The molecule has 1 nitrogen and oxygen atoms in total. The van der Waals surface area contributed by atoms with Crippen molar-refractivity contribution in [3.05, 3.63) is 103 Å². The van der Waals surface area contributed by atoms with Gasteiger partial charge in [0, 0.05) is 16.7 Å². The van der Waals surface area contributed by atoms with E-state index >= 15 is 0 Å². The van der Waals surface area contributed by atoms with Crippen LogP contribution in [0.2, 0.25) is 0 Å². The van der Waals surface area contributed by atoms with Gasteiger partial charge in [-0.25, -0.2) is 0 Å². The lowest BCUT2D eigenvalue weighted by Gasteiger charge is -2.04. The monoisotopic (exact) mass is 322 g/mol. The van der Waals surface area contributed by atoms with Gasteiger partial charge in [0.1, 0.15) is 11.5 Å². The van der Waals surface area contributed by atoms with E-state index in [1.54, 1.807) is 0 Å². The molecule has 0 unspecified atom stereocenters. The molecule has 0 radical (unpaired) electrons. The Balaban J connectivity index is 1.88. The van der Waals surface area contributed by atoms with E-state index in [0.29, 0.717) is 0 Å². The second-order valence-corrected chi connectivity index (χ2v) is 5.91. The van der Waals surface area contributed by atoms with Crippen molar-refractivity contribution < 1.29 is 4.42 Å². The van der Waals surface area contributed by atoms with Gasteiger partial charge in [-0.1, -0.05) is 97.6 Å². The first-order valence-electron chi connectivity index (χ1n) is 8.33. The topological polar surface area (TPSA) is 13.1 Å². The van der Waals surface area contributed by atoms with Gasteiger partial charge in [-0.2, -0.15) is 0 Å². The Bertz CT molecular complexity index is 977. The Kier molecular flexibility index (Phi) is 4.05. The minimum absolute atomic E-state index is 0.877. The van der Waals surface area contributed by atoms with Crippen LogP contribution in [0.1, 0.15) is 5.56 Å². The summed E-state index contributed by atoms with van der Waals surface area (Å²) in [4.78, 5) is 0. The summed E-state index contributed by atoms with van der Waals surface area (Å²) >= 11 is 0. The van der Waals surface area contributed by atoms with Crippen LogP contribution in [0.4, 0.5) is 0 Å². The van der Waals surface area contributed by atoms with Gasteiger partial charge in [0.05, 0.1) is 0 Å². The third-order valence-corrected chi connectivity index (χ3v) is 4.28. The fraction of sp³-hybridized carbons (Fsp3) is 0. The number of hydrogen-bond donors (Lipinski definition) is 0. The van der Waals surface area contributed by atoms with Gasteiger partial charge in [-0.3, -0.25) is 0 Å². The van der Waals surface area contributed by atoms with Crippen molar-refractivity contribution in [2.24, 2.45) is 0 Å². The fourth-order valence-corrected chi connectivity index (χ4v) is 2.95. The number of benzene rings is 3. The summed E-state index contributed by atoms with van der Waals surface area (Å²) < 4.78 is 6.29.